The predicted octanol–water partition coefficient (Wildman–Crippen LogP) is 3.46. The summed E-state index contributed by atoms with van der Waals surface area (Å²) < 4.78 is 23.8. The molecule has 7 atom stereocenters. The van der Waals surface area contributed by atoms with Crippen LogP contribution in [0.1, 0.15) is 61.8 Å². The highest BCUT2D eigenvalue weighted by atomic mass is 32.2. The van der Waals surface area contributed by atoms with Crippen LogP contribution in [-0.4, -0.2) is 94.2 Å². The van der Waals surface area contributed by atoms with Crippen molar-refractivity contribution >= 4 is 17.7 Å². The number of esters is 1. The molecular weight excluding hydrogens is 676 g/mol. The zero-order valence-electron chi connectivity index (χ0n) is 28.5. The van der Waals surface area contributed by atoms with Crippen LogP contribution in [0.2, 0.25) is 0 Å². The summed E-state index contributed by atoms with van der Waals surface area (Å²) in [7, 11) is 3.40. The summed E-state index contributed by atoms with van der Waals surface area (Å²) in [5.74, 6) is 0.363. The van der Waals surface area contributed by atoms with Gasteiger partial charge in [0.05, 0.1) is 30.5 Å². The zero-order chi connectivity index (χ0) is 35.7. The largest absolute Gasteiger partial charge is 0.507 e. The number of thioether (sulfide) groups is 1. The Balaban J connectivity index is 1.31. The van der Waals surface area contributed by atoms with Gasteiger partial charge in [0, 0.05) is 46.6 Å². The predicted molar refractivity (Wildman–Crippen MR) is 183 cm³/mol. The summed E-state index contributed by atoms with van der Waals surface area (Å²) in [6.07, 6.45) is 1.02. The van der Waals surface area contributed by atoms with Crippen molar-refractivity contribution in [3.8, 4) is 46.3 Å². The van der Waals surface area contributed by atoms with Crippen LogP contribution in [0, 0.1) is 25.2 Å². The number of ether oxygens (including phenoxy) is 4. The van der Waals surface area contributed by atoms with Crippen molar-refractivity contribution in [2.24, 2.45) is 0 Å². The van der Waals surface area contributed by atoms with E-state index in [1.807, 2.05) is 13.1 Å². The zero-order valence-corrected chi connectivity index (χ0v) is 29.3. The number of carbonyl (C=O) groups excluding carboxylic acids is 1. The van der Waals surface area contributed by atoms with Gasteiger partial charge < -0.3 is 39.4 Å². The van der Waals surface area contributed by atoms with Crippen molar-refractivity contribution in [2.75, 3.05) is 39.9 Å². The molecule has 10 rings (SSSR count). The van der Waals surface area contributed by atoms with Crippen molar-refractivity contribution in [2.45, 2.75) is 67.7 Å². The number of rotatable bonds is 1. The van der Waals surface area contributed by atoms with E-state index >= 15 is 0 Å². The number of aryl methyl sites for hydroxylation is 1. The lowest BCUT2D eigenvalue weighted by atomic mass is 9.71. The number of hydrogen-bond donors (Lipinski definition) is 5. The number of nitrogens with one attached hydrogen (secondary N) is 1. The third-order valence-electron chi connectivity index (χ3n) is 12.0. The number of aromatic hydroxyl groups is 4. The molecule has 266 valence electrons. The average molecular weight is 715 g/mol. The molecule has 13 nitrogen and oxygen atoms in total. The molecule has 7 heterocycles. The maximum atomic E-state index is 14.6. The van der Waals surface area contributed by atoms with E-state index < -0.39 is 40.9 Å². The topological polar surface area (TPSA) is 177 Å². The second kappa shape index (κ2) is 11.2. The number of fused-ring (bicyclic) bond motifs is 9. The highest BCUT2D eigenvalue weighted by Gasteiger charge is 2.61. The van der Waals surface area contributed by atoms with Gasteiger partial charge in [-0.3, -0.25) is 15.1 Å². The Morgan fingerprint density at radius 1 is 1.02 bits per heavy atom. The van der Waals surface area contributed by atoms with Crippen molar-refractivity contribution < 1.29 is 44.2 Å². The number of benzene rings is 3. The number of carbonyl (C=O) groups is 1. The summed E-state index contributed by atoms with van der Waals surface area (Å²) >= 11 is 1.45. The first-order chi connectivity index (χ1) is 24.5. The molecule has 4 bridgehead atoms. The van der Waals surface area contributed by atoms with Gasteiger partial charge in [-0.25, -0.2) is 4.79 Å². The number of nitrogens with zero attached hydrogens (tertiary/aromatic N) is 3. The number of methoxy groups -OCH3 is 1. The summed E-state index contributed by atoms with van der Waals surface area (Å²) in [6.45, 7) is 3.75. The van der Waals surface area contributed by atoms with Crippen LogP contribution >= 0.6 is 11.8 Å². The van der Waals surface area contributed by atoms with Crippen molar-refractivity contribution in [3.63, 3.8) is 0 Å². The summed E-state index contributed by atoms with van der Waals surface area (Å²) in [4.78, 5) is 18.8. The Kier molecular flexibility index (Phi) is 7.12. The standard InChI is InChI=1S/C37H38N4O9S/c1-15-7-18-8-20-21(11-38)41-22-12-48-36(46)37(19-10-24(47-4)23(42)9-17(19)5-6-39-37)13-51-35(29(41)28(40(20)3)25(18)32(45)30(15)43)27-26(22)34-33(49-14-50-34)16(2)31(27)44/h7,9-10,20-22,28-29,35,39,42-45H,5-6,8,12-14H2,1-4H3/t20-,21-,22-,28-,29?,35+,37+/m0/s1. The molecule has 2 fully saturated rings. The van der Waals surface area contributed by atoms with Crippen molar-refractivity contribution in [1.82, 2.24) is 15.1 Å². The fourth-order valence-electron chi connectivity index (χ4n) is 9.68. The first kappa shape index (κ1) is 32.4. The lowest BCUT2D eigenvalue weighted by Crippen LogP contribution is -2.69. The lowest BCUT2D eigenvalue weighted by molar-refractivity contribution is -0.157. The molecule has 0 radical (unpaired) electrons. The second-order valence-corrected chi connectivity index (χ2v) is 15.5. The number of phenolic OH excluding ortho intramolecular Hbond substituents is 4. The van der Waals surface area contributed by atoms with Crippen LogP contribution in [0.5, 0.6) is 40.2 Å². The maximum absolute atomic E-state index is 14.6. The summed E-state index contributed by atoms with van der Waals surface area (Å²) in [5, 5.41) is 59.4. The molecule has 2 saturated heterocycles. The van der Waals surface area contributed by atoms with E-state index in [0.717, 1.165) is 11.1 Å². The fourth-order valence-corrected chi connectivity index (χ4v) is 11.4. The normalized spacial score (nSPS) is 30.5. The minimum atomic E-state index is -1.34. The first-order valence-corrected chi connectivity index (χ1v) is 18.1. The minimum absolute atomic E-state index is 0.0223. The van der Waals surface area contributed by atoms with Crippen LogP contribution in [0.15, 0.2) is 18.2 Å². The van der Waals surface area contributed by atoms with Crippen LogP contribution < -0.4 is 19.5 Å². The van der Waals surface area contributed by atoms with Gasteiger partial charge in [-0.15, -0.1) is 11.8 Å². The van der Waals surface area contributed by atoms with Crippen LogP contribution in [0.25, 0.3) is 0 Å². The van der Waals surface area contributed by atoms with E-state index in [1.54, 1.807) is 26.0 Å². The van der Waals surface area contributed by atoms with E-state index in [9.17, 15) is 30.5 Å². The SMILES string of the molecule is COc1cc2c(cc1O)CCN[C@]21CS[C@@H]2c3c(O)c(C)c4c(c3[C@H](COC1=O)N1C2[C@@H]2c3c(cc(C)c(O)c3O)C[C@@H]([C@@H]1C#N)N2C)OCO4. The number of nitriles is 1. The Morgan fingerprint density at radius 3 is 2.57 bits per heavy atom. The maximum Gasteiger partial charge on any atom is 0.331 e. The number of hydrogen-bond acceptors (Lipinski definition) is 14. The third-order valence-corrected chi connectivity index (χ3v) is 13.5. The molecule has 0 aliphatic carbocycles. The van der Waals surface area contributed by atoms with Gasteiger partial charge in [0.25, 0.3) is 0 Å². The van der Waals surface area contributed by atoms with E-state index in [0.29, 0.717) is 64.3 Å². The number of likely N-dealkylation sites (N-methyl/N-ethyl adjacent to an activating group) is 1. The molecule has 51 heavy (non-hydrogen) atoms. The monoisotopic (exact) mass is 714 g/mol. The van der Waals surface area contributed by atoms with Gasteiger partial charge in [-0.05, 0) is 68.1 Å². The molecule has 1 unspecified atom stereocenters. The smallest absolute Gasteiger partial charge is 0.331 e. The Morgan fingerprint density at radius 2 is 1.80 bits per heavy atom. The van der Waals surface area contributed by atoms with Gasteiger partial charge >= 0.3 is 5.97 Å². The van der Waals surface area contributed by atoms with Gasteiger partial charge in [0.15, 0.2) is 40.0 Å². The summed E-state index contributed by atoms with van der Waals surface area (Å²) in [5.41, 5.74) is 3.80. The molecule has 1 spiro atoms. The van der Waals surface area contributed by atoms with E-state index in [1.165, 1.54) is 18.9 Å². The van der Waals surface area contributed by atoms with Gasteiger partial charge in [-0.1, -0.05) is 6.07 Å². The molecule has 14 heteroatoms. The molecule has 0 amide bonds. The molecule has 7 aliphatic heterocycles. The molecule has 0 aromatic heterocycles. The fraction of sp³-hybridized carbons (Fsp3) is 0.459. The second-order valence-electron chi connectivity index (χ2n) is 14.3. The first-order valence-electron chi connectivity index (χ1n) is 17.0. The van der Waals surface area contributed by atoms with Gasteiger partial charge in [0.1, 0.15) is 18.4 Å². The van der Waals surface area contributed by atoms with Crippen LogP contribution in [0.4, 0.5) is 0 Å². The van der Waals surface area contributed by atoms with Crippen LogP contribution in [-0.2, 0) is 27.9 Å². The van der Waals surface area contributed by atoms with E-state index in [4.69, 9.17) is 18.9 Å². The average Bonchev–Trinajstić information content (AvgIpc) is 3.61. The third kappa shape index (κ3) is 4.17. The Labute approximate surface area is 298 Å². The Bertz CT molecular complexity index is 2090. The molecule has 5 N–H and O–H groups in total. The molecule has 3 aromatic carbocycles. The van der Waals surface area contributed by atoms with Gasteiger partial charge in [0.2, 0.25) is 6.79 Å². The molecule has 3 aromatic rings. The lowest BCUT2D eigenvalue weighted by Gasteiger charge is -2.62. The number of phenols is 4. The molecule has 0 saturated carbocycles. The highest BCUT2D eigenvalue weighted by Crippen LogP contribution is 2.64. The highest BCUT2D eigenvalue weighted by molar-refractivity contribution is 7.99. The molecular formula is C37H38N4O9S. The Hall–Kier alpha value is -4.55. The number of piperazine rings is 1. The molecule has 7 aliphatic rings. The van der Waals surface area contributed by atoms with Crippen molar-refractivity contribution in [1.29, 1.82) is 5.26 Å². The quantitative estimate of drug-likeness (QED) is 0.183. The van der Waals surface area contributed by atoms with E-state index in [-0.39, 0.29) is 53.9 Å². The van der Waals surface area contributed by atoms with E-state index in [2.05, 4.69) is 21.2 Å². The summed E-state index contributed by atoms with van der Waals surface area (Å²) in [6, 6.07) is 5.00. The van der Waals surface area contributed by atoms with Crippen LogP contribution in [0.3, 0.4) is 0 Å². The van der Waals surface area contributed by atoms with Gasteiger partial charge in [-0.2, -0.15) is 5.26 Å². The van der Waals surface area contributed by atoms with Crippen molar-refractivity contribution in [3.05, 3.63) is 62.7 Å². The minimum Gasteiger partial charge on any atom is -0.507 e.